The first-order chi connectivity index (χ1) is 15.7. The normalized spacial score (nSPS) is 17.7. The van der Waals surface area contributed by atoms with Gasteiger partial charge >= 0.3 is 6.18 Å². The van der Waals surface area contributed by atoms with Gasteiger partial charge < -0.3 is 15.0 Å². The van der Waals surface area contributed by atoms with Gasteiger partial charge in [-0.2, -0.15) is 18.4 Å². The summed E-state index contributed by atoms with van der Waals surface area (Å²) in [5, 5.41) is 19.4. The number of benzene rings is 2. The number of rotatable bonds is 3. The lowest BCUT2D eigenvalue weighted by Gasteiger charge is -2.43. The van der Waals surface area contributed by atoms with E-state index in [0.717, 1.165) is 34.4 Å². The van der Waals surface area contributed by atoms with Crippen molar-refractivity contribution in [3.8, 4) is 6.07 Å². The molecule has 1 amide bonds. The highest BCUT2D eigenvalue weighted by Gasteiger charge is 2.59. The van der Waals surface area contributed by atoms with Gasteiger partial charge in [-0.3, -0.25) is 9.69 Å². The van der Waals surface area contributed by atoms with Gasteiger partial charge in [-0.25, -0.2) is 0 Å². The Morgan fingerprint density at radius 3 is 2.48 bits per heavy atom. The number of nitrogens with zero attached hydrogens (tertiary/aromatic N) is 3. The van der Waals surface area contributed by atoms with E-state index in [4.69, 9.17) is 17.5 Å². The Morgan fingerprint density at radius 2 is 1.88 bits per heavy atom. The molecule has 0 atom stereocenters. The van der Waals surface area contributed by atoms with Gasteiger partial charge in [-0.05, 0) is 73.3 Å². The van der Waals surface area contributed by atoms with Crippen LogP contribution >= 0.6 is 12.2 Å². The van der Waals surface area contributed by atoms with Gasteiger partial charge in [0.25, 0.3) is 5.91 Å². The predicted octanol–water partition coefficient (Wildman–Crippen LogP) is 4.61. The van der Waals surface area contributed by atoms with Crippen molar-refractivity contribution in [1.82, 2.24) is 4.98 Å². The molecule has 10 heteroatoms. The van der Waals surface area contributed by atoms with Crippen LogP contribution in [0.2, 0.25) is 0 Å². The number of hydrogen-bond donors (Lipinski definition) is 2. The van der Waals surface area contributed by atoms with Crippen molar-refractivity contribution in [3.05, 3.63) is 59.3 Å². The lowest BCUT2D eigenvalue weighted by Crippen LogP contribution is -2.55. The van der Waals surface area contributed by atoms with Crippen LogP contribution in [0.25, 0.3) is 10.9 Å². The number of carbonyl (C=O) groups is 1. The van der Waals surface area contributed by atoms with Crippen molar-refractivity contribution >= 4 is 45.5 Å². The Bertz CT molecular complexity index is 1350. The van der Waals surface area contributed by atoms with Crippen molar-refractivity contribution in [2.24, 2.45) is 0 Å². The van der Waals surface area contributed by atoms with Crippen LogP contribution in [0.15, 0.2) is 42.5 Å². The highest BCUT2D eigenvalue weighted by Crippen LogP contribution is 2.48. The first kappa shape index (κ1) is 21.4. The van der Waals surface area contributed by atoms with Crippen LogP contribution in [0.3, 0.4) is 0 Å². The molecule has 1 aromatic heterocycles. The zero-order valence-corrected chi connectivity index (χ0v) is 17.9. The first-order valence-electron chi connectivity index (χ1n) is 10.2. The van der Waals surface area contributed by atoms with Gasteiger partial charge in [0.15, 0.2) is 5.11 Å². The number of aromatic nitrogens is 1. The smallest absolute Gasteiger partial charge is 0.390 e. The number of anilines is 2. The molecule has 1 aliphatic heterocycles. The van der Waals surface area contributed by atoms with Gasteiger partial charge in [0.05, 0.1) is 29.5 Å². The number of H-pyrrole nitrogens is 1. The minimum absolute atomic E-state index is 0.0198. The zero-order chi connectivity index (χ0) is 23.5. The summed E-state index contributed by atoms with van der Waals surface area (Å²) in [7, 11) is 0. The van der Waals surface area contributed by atoms with E-state index >= 15 is 0 Å². The van der Waals surface area contributed by atoms with E-state index in [1.807, 2.05) is 18.2 Å². The monoisotopic (exact) mass is 470 g/mol. The zero-order valence-electron chi connectivity index (χ0n) is 17.1. The molecule has 6 nitrogen and oxygen atoms in total. The number of carbonyl (C=O) groups excluding carboxylic acids is 1. The fourth-order valence-electron chi connectivity index (χ4n) is 4.61. The van der Waals surface area contributed by atoms with Crippen LogP contribution in [0.1, 0.15) is 36.1 Å². The van der Waals surface area contributed by atoms with Gasteiger partial charge in [0.2, 0.25) is 0 Å². The number of nitriles is 1. The van der Waals surface area contributed by atoms with E-state index in [2.05, 4.69) is 4.98 Å². The number of thiocarbonyl (C=S) groups is 1. The Balaban J connectivity index is 1.61. The number of aliphatic hydroxyl groups is 1. The molecule has 2 heterocycles. The number of halogens is 3. The predicted molar refractivity (Wildman–Crippen MR) is 120 cm³/mol. The fraction of sp³-hybridized carbons (Fsp3) is 0.261. The summed E-state index contributed by atoms with van der Waals surface area (Å²) in [6.45, 7) is -0.150. The molecule has 0 radical (unpaired) electrons. The number of alkyl halides is 3. The Labute approximate surface area is 191 Å². The minimum Gasteiger partial charge on any atom is -0.390 e. The van der Waals surface area contributed by atoms with Crippen molar-refractivity contribution in [3.63, 3.8) is 0 Å². The lowest BCUT2D eigenvalue weighted by atomic mass is 9.75. The Hall–Kier alpha value is -3.42. The summed E-state index contributed by atoms with van der Waals surface area (Å²) in [6.07, 6.45) is -2.91. The molecule has 0 unspecified atom stereocenters. The van der Waals surface area contributed by atoms with Crippen LogP contribution < -0.4 is 9.80 Å². The maximum Gasteiger partial charge on any atom is 0.417 e. The summed E-state index contributed by atoms with van der Waals surface area (Å²) in [6, 6.07) is 12.0. The topological polar surface area (TPSA) is 83.4 Å². The lowest BCUT2D eigenvalue weighted by molar-refractivity contribution is -0.137. The molecule has 5 rings (SSSR count). The third kappa shape index (κ3) is 3.11. The average molecular weight is 470 g/mol. The molecule has 168 valence electrons. The number of aromatic amines is 1. The molecule has 1 spiro atoms. The van der Waals surface area contributed by atoms with Crippen LogP contribution in [-0.2, 0) is 17.6 Å². The molecular weight excluding hydrogens is 453 g/mol. The van der Waals surface area contributed by atoms with Crippen molar-refractivity contribution in [2.75, 3.05) is 9.80 Å². The number of nitrogens with one attached hydrogen (secondary N) is 1. The number of hydrogen-bond acceptors (Lipinski definition) is 4. The van der Waals surface area contributed by atoms with Crippen molar-refractivity contribution in [2.45, 2.75) is 37.6 Å². The number of fused-ring (bicyclic) bond motifs is 1. The second-order valence-corrected chi connectivity index (χ2v) is 8.57. The first-order valence-corrected chi connectivity index (χ1v) is 10.6. The molecule has 1 saturated carbocycles. The third-order valence-electron chi connectivity index (χ3n) is 6.37. The van der Waals surface area contributed by atoms with Gasteiger partial charge in [-0.1, -0.05) is 6.07 Å². The molecule has 0 bridgehead atoms. The van der Waals surface area contributed by atoms with E-state index in [-0.39, 0.29) is 23.3 Å². The molecule has 2 fully saturated rings. The second-order valence-electron chi connectivity index (χ2n) is 8.21. The van der Waals surface area contributed by atoms with E-state index < -0.39 is 22.8 Å². The quantitative estimate of drug-likeness (QED) is 0.547. The van der Waals surface area contributed by atoms with Gasteiger partial charge in [0.1, 0.15) is 5.54 Å². The maximum absolute atomic E-state index is 13.5. The van der Waals surface area contributed by atoms with Gasteiger partial charge in [-0.15, -0.1) is 0 Å². The average Bonchev–Trinajstić information content (AvgIpc) is 3.27. The van der Waals surface area contributed by atoms with Crippen LogP contribution in [0.5, 0.6) is 0 Å². The minimum atomic E-state index is -4.75. The number of aliphatic hydroxyl groups excluding tert-OH is 1. The van der Waals surface area contributed by atoms with E-state index in [1.54, 1.807) is 17.0 Å². The van der Waals surface area contributed by atoms with E-state index in [1.165, 1.54) is 6.07 Å². The summed E-state index contributed by atoms with van der Waals surface area (Å²) < 4.78 is 40.6. The third-order valence-corrected chi connectivity index (χ3v) is 6.74. The Kier molecular flexibility index (Phi) is 4.74. The van der Waals surface area contributed by atoms with Crippen molar-refractivity contribution < 1.29 is 23.1 Å². The second kappa shape index (κ2) is 7.30. The Morgan fingerprint density at radius 1 is 1.15 bits per heavy atom. The highest BCUT2D eigenvalue weighted by atomic mass is 32.1. The summed E-state index contributed by atoms with van der Waals surface area (Å²) >= 11 is 5.64. The standard InChI is InChI=1S/C23H17F3N4O2S/c24-23(25,26)18-9-16(4-3-14(18)11-27)29-20(32)22(6-1-7-22)30(21(29)33)17-5-2-13-8-15(12-31)28-19(13)10-17/h2-5,8-10,28,31H,1,6-7,12H2. The molecular formula is C23H17F3N4O2S. The van der Waals surface area contributed by atoms with Gasteiger partial charge in [0, 0.05) is 16.9 Å². The molecule has 2 aliphatic rings. The SMILES string of the molecule is N#Cc1ccc(N2C(=O)C3(CCC3)N(c3ccc4cc(CO)[nH]c4c3)C2=S)cc1C(F)(F)F. The van der Waals surface area contributed by atoms with Crippen LogP contribution in [-0.4, -0.2) is 26.6 Å². The molecule has 2 aromatic carbocycles. The molecule has 1 aliphatic carbocycles. The number of amides is 1. The maximum atomic E-state index is 13.5. The molecule has 33 heavy (non-hydrogen) atoms. The summed E-state index contributed by atoms with van der Waals surface area (Å²) in [4.78, 5) is 19.5. The fourth-order valence-corrected chi connectivity index (χ4v) is 5.08. The summed E-state index contributed by atoms with van der Waals surface area (Å²) in [5.41, 5.74) is -0.576. The molecule has 2 N–H and O–H groups in total. The highest BCUT2D eigenvalue weighted by molar-refractivity contribution is 7.81. The molecule has 3 aromatic rings. The van der Waals surface area contributed by atoms with Crippen molar-refractivity contribution in [1.29, 1.82) is 5.26 Å². The van der Waals surface area contributed by atoms with E-state index in [0.29, 0.717) is 24.2 Å². The summed E-state index contributed by atoms with van der Waals surface area (Å²) in [5.74, 6) is -0.376. The molecule has 1 saturated heterocycles. The van der Waals surface area contributed by atoms with Crippen LogP contribution in [0, 0.1) is 11.3 Å². The van der Waals surface area contributed by atoms with Crippen LogP contribution in [0.4, 0.5) is 24.5 Å². The van der Waals surface area contributed by atoms with E-state index in [9.17, 15) is 23.1 Å². The largest absolute Gasteiger partial charge is 0.417 e.